The number of amides is 3. The molecule has 3 aromatic rings. The normalized spacial score (nSPS) is 26.7. The number of hydrogen-bond acceptors (Lipinski definition) is 9. The molecule has 2 aliphatic carbocycles. The van der Waals surface area contributed by atoms with Gasteiger partial charge in [0.1, 0.15) is 0 Å². The lowest BCUT2D eigenvalue weighted by Crippen LogP contribution is -2.42. The van der Waals surface area contributed by atoms with Crippen LogP contribution in [-0.4, -0.2) is 64.2 Å². The molecule has 7 atom stereocenters. The first-order chi connectivity index (χ1) is 23.4. The monoisotopic (exact) mass is 717 g/mol. The molecule has 4 aliphatic rings. The topological polar surface area (TPSA) is 155 Å². The number of aliphatic carboxylic acids is 1. The Morgan fingerprint density at radius 3 is 2.51 bits per heavy atom. The van der Waals surface area contributed by atoms with Gasteiger partial charge in [0.2, 0.25) is 11.8 Å². The summed E-state index contributed by atoms with van der Waals surface area (Å²) >= 11 is 2.63. The van der Waals surface area contributed by atoms with Crippen LogP contribution in [0.1, 0.15) is 41.2 Å². The number of nitrogens with one attached hydrogen (secondary N) is 2. The number of alkyl halides is 3. The summed E-state index contributed by atoms with van der Waals surface area (Å²) < 4.78 is 51.4. The molecule has 3 N–H and O–H groups in total. The maximum atomic E-state index is 13.7. The van der Waals surface area contributed by atoms with E-state index in [1.54, 1.807) is 18.2 Å². The Labute approximate surface area is 285 Å². The van der Waals surface area contributed by atoms with Crippen LogP contribution in [0.25, 0.3) is 0 Å². The van der Waals surface area contributed by atoms with Gasteiger partial charge in [-0.05, 0) is 60.4 Å². The third-order valence-corrected chi connectivity index (χ3v) is 12.6. The van der Waals surface area contributed by atoms with Crippen LogP contribution in [0.4, 0.5) is 18.9 Å². The van der Waals surface area contributed by atoms with Gasteiger partial charge in [-0.3, -0.25) is 28.9 Å². The van der Waals surface area contributed by atoms with E-state index in [1.165, 1.54) is 35.9 Å². The van der Waals surface area contributed by atoms with Gasteiger partial charge in [0.25, 0.3) is 5.91 Å². The fourth-order valence-corrected chi connectivity index (χ4v) is 11.1. The van der Waals surface area contributed by atoms with Crippen LogP contribution in [0.5, 0.6) is 11.5 Å². The Morgan fingerprint density at radius 1 is 1.06 bits per heavy atom. The number of anilines is 1. The van der Waals surface area contributed by atoms with Crippen LogP contribution in [0.3, 0.4) is 0 Å². The molecular formula is C33H30F3N3O8S2. The van der Waals surface area contributed by atoms with Gasteiger partial charge >= 0.3 is 17.0 Å². The van der Waals surface area contributed by atoms with E-state index in [0.717, 1.165) is 38.9 Å². The van der Waals surface area contributed by atoms with E-state index < -0.39 is 47.7 Å². The van der Waals surface area contributed by atoms with Crippen molar-refractivity contribution in [1.82, 2.24) is 9.88 Å². The summed E-state index contributed by atoms with van der Waals surface area (Å²) in [5.41, 5.74) is -0.600. The van der Waals surface area contributed by atoms with Gasteiger partial charge < -0.3 is 24.9 Å². The van der Waals surface area contributed by atoms with Crippen molar-refractivity contribution < 1.29 is 46.9 Å². The molecule has 0 spiro atoms. The molecule has 11 nitrogen and oxygen atoms in total. The number of ether oxygens (including phenoxy) is 2. The number of H-pyrrole nitrogens is 1. The lowest BCUT2D eigenvalue weighted by Gasteiger charge is -2.43. The third-order valence-electron chi connectivity index (χ3n) is 10.00. The van der Waals surface area contributed by atoms with E-state index in [0.29, 0.717) is 6.42 Å². The molecule has 7 rings (SSSR count). The number of nitrogens with zero attached hydrogens (tertiary/aromatic N) is 1. The van der Waals surface area contributed by atoms with Crippen molar-refractivity contribution >= 4 is 52.5 Å². The third kappa shape index (κ3) is 5.77. The highest BCUT2D eigenvalue weighted by molar-refractivity contribution is 8.00. The molecule has 6 unspecified atom stereocenters. The maximum Gasteiger partial charge on any atom is 0.418 e. The molecule has 3 amide bonds. The minimum Gasteiger partial charge on any atom is -0.493 e. The van der Waals surface area contributed by atoms with Crippen molar-refractivity contribution in [1.29, 1.82) is 0 Å². The Bertz CT molecular complexity index is 1910. The molecule has 2 aromatic carbocycles. The quantitative estimate of drug-likeness (QED) is 0.251. The second-order valence-corrected chi connectivity index (χ2v) is 14.8. The first kappa shape index (κ1) is 33.2. The molecule has 0 radical (unpaired) electrons. The molecule has 1 aromatic heterocycles. The Morgan fingerprint density at radius 2 is 1.80 bits per heavy atom. The number of carbonyl (C=O) groups is 4. The number of halogens is 3. The maximum absolute atomic E-state index is 13.7. The number of carboxylic acid groups (broad SMARTS) is 1. The molecule has 2 saturated carbocycles. The Hall–Kier alpha value is -4.31. The zero-order valence-electron chi connectivity index (χ0n) is 25.8. The second kappa shape index (κ2) is 12.5. The number of fused-ring (bicyclic) bond motifs is 9. The van der Waals surface area contributed by atoms with Crippen molar-refractivity contribution in [2.24, 2.45) is 29.6 Å². The highest BCUT2D eigenvalue weighted by atomic mass is 32.2. The van der Waals surface area contributed by atoms with Gasteiger partial charge in [0.15, 0.2) is 18.1 Å². The Kier molecular flexibility index (Phi) is 8.49. The second-order valence-electron chi connectivity index (χ2n) is 12.6. The summed E-state index contributed by atoms with van der Waals surface area (Å²) in [5, 5.41) is 12.0. The van der Waals surface area contributed by atoms with Crippen LogP contribution in [0.2, 0.25) is 0 Å². The minimum absolute atomic E-state index is 0.0603. The summed E-state index contributed by atoms with van der Waals surface area (Å²) in [6, 6.07) is 9.74. The van der Waals surface area contributed by atoms with E-state index in [1.807, 2.05) is 0 Å². The van der Waals surface area contributed by atoms with Gasteiger partial charge in [-0.25, -0.2) is 0 Å². The predicted octanol–water partition coefficient (Wildman–Crippen LogP) is 4.82. The predicted molar refractivity (Wildman–Crippen MR) is 171 cm³/mol. The number of thioether (sulfide) groups is 1. The average Bonchev–Trinajstić information content (AvgIpc) is 3.79. The van der Waals surface area contributed by atoms with E-state index in [9.17, 15) is 37.1 Å². The van der Waals surface area contributed by atoms with Crippen LogP contribution < -0.4 is 19.7 Å². The van der Waals surface area contributed by atoms with Crippen molar-refractivity contribution in [2.75, 3.05) is 25.6 Å². The number of aromatic amines is 1. The molecular weight excluding hydrogens is 688 g/mol. The van der Waals surface area contributed by atoms with Crippen LogP contribution in [-0.2, 0) is 25.4 Å². The number of benzene rings is 2. The van der Waals surface area contributed by atoms with Gasteiger partial charge in [-0.15, -0.1) is 11.8 Å². The number of thiazole rings is 1. The van der Waals surface area contributed by atoms with Gasteiger partial charge in [0, 0.05) is 29.0 Å². The highest BCUT2D eigenvalue weighted by Crippen LogP contribution is 2.68. The van der Waals surface area contributed by atoms with Gasteiger partial charge in [-0.1, -0.05) is 29.5 Å². The number of likely N-dealkylation sites (tertiary alicyclic amines) is 1. The number of methoxy groups -OCH3 is 1. The fourth-order valence-electron chi connectivity index (χ4n) is 8.23. The molecule has 258 valence electrons. The van der Waals surface area contributed by atoms with Gasteiger partial charge in [0.05, 0.1) is 35.2 Å². The lowest BCUT2D eigenvalue weighted by atomic mass is 9.68. The molecule has 2 bridgehead atoms. The van der Waals surface area contributed by atoms with Crippen molar-refractivity contribution in [3.63, 3.8) is 0 Å². The van der Waals surface area contributed by atoms with Crippen LogP contribution in [0.15, 0.2) is 52.3 Å². The summed E-state index contributed by atoms with van der Waals surface area (Å²) in [6.45, 7) is -0.531. The number of imide groups is 1. The number of hydrogen-bond donors (Lipinski definition) is 3. The zero-order chi connectivity index (χ0) is 34.8. The molecule has 3 heterocycles. The molecule has 3 fully saturated rings. The van der Waals surface area contributed by atoms with Crippen LogP contribution in [0, 0.1) is 29.6 Å². The number of para-hydroxylation sites is 1. The van der Waals surface area contributed by atoms with E-state index in [4.69, 9.17) is 14.6 Å². The summed E-state index contributed by atoms with van der Waals surface area (Å²) in [5.74, 6) is -3.54. The van der Waals surface area contributed by atoms with Crippen molar-refractivity contribution in [3.05, 3.63) is 68.1 Å². The standard InChI is InChI=1S/C33H30F3N3O8S2/c1-46-20-11-14(8-9-19(20)47-13-21(40)37-18-6-3-2-5-17(18)33(34,35)36)23-24-15-12-16(27(24)48-29-28(23)49-32(45)38-29)26-25(15)30(43)39(31(26)44)10-4-7-22(41)42/h2-3,5-6,8-9,11,15-16,23-27H,4,7,10,12-13H2,1H3,(H,37,40)(H,38,45)(H,41,42)/t15?,16?,23-,24?,25?,26?,27?/m1/s1. The fraction of sp³-hybridized carbons (Fsp3) is 0.424. The first-order valence-electron chi connectivity index (χ1n) is 15.6. The smallest absolute Gasteiger partial charge is 0.418 e. The number of rotatable bonds is 10. The van der Waals surface area contributed by atoms with Crippen molar-refractivity contribution in [2.45, 2.75) is 41.6 Å². The van der Waals surface area contributed by atoms with E-state index >= 15 is 0 Å². The highest BCUT2D eigenvalue weighted by Gasteiger charge is 2.69. The molecule has 1 saturated heterocycles. The Balaban J connectivity index is 1.14. The summed E-state index contributed by atoms with van der Waals surface area (Å²) in [4.78, 5) is 68.2. The van der Waals surface area contributed by atoms with Crippen LogP contribution >= 0.6 is 23.1 Å². The number of carboxylic acids is 1. The zero-order valence-corrected chi connectivity index (χ0v) is 27.5. The molecule has 2 aliphatic heterocycles. The largest absolute Gasteiger partial charge is 0.493 e. The lowest BCUT2D eigenvalue weighted by molar-refractivity contribution is -0.143. The molecule has 16 heteroatoms. The van der Waals surface area contributed by atoms with E-state index in [2.05, 4.69) is 10.3 Å². The first-order valence-corrected chi connectivity index (χ1v) is 17.3. The van der Waals surface area contributed by atoms with Gasteiger partial charge in [-0.2, -0.15) is 13.2 Å². The summed E-state index contributed by atoms with van der Waals surface area (Å²) in [7, 11) is 1.41. The summed E-state index contributed by atoms with van der Waals surface area (Å²) in [6.07, 6.45) is -3.94. The minimum atomic E-state index is -4.66. The number of aromatic nitrogens is 1. The SMILES string of the molecule is COc1cc([C@H]2c3sc(=O)[nH]c3SC3C4CC(C5C(=O)N(CCCC(=O)O)C(=O)C45)C32)ccc1OCC(=O)Nc1ccccc1C(F)(F)F. The van der Waals surface area contributed by atoms with E-state index in [-0.39, 0.29) is 76.5 Å². The number of carbonyl (C=O) groups excluding carboxylic acids is 3. The van der Waals surface area contributed by atoms with Crippen molar-refractivity contribution in [3.8, 4) is 11.5 Å². The average molecular weight is 718 g/mol. The molecule has 49 heavy (non-hydrogen) atoms.